The molecule has 3 rings (SSSR count). The highest BCUT2D eigenvalue weighted by molar-refractivity contribution is 6.31. The highest BCUT2D eigenvalue weighted by Crippen LogP contribution is 2.29. The zero-order valence-corrected chi connectivity index (χ0v) is 10.3. The maximum absolute atomic E-state index is 11.7. The van der Waals surface area contributed by atoms with Crippen LogP contribution in [0.25, 0.3) is 0 Å². The summed E-state index contributed by atoms with van der Waals surface area (Å²) in [6, 6.07) is 4.85. The first-order valence-electron chi connectivity index (χ1n) is 5.44. The number of hydrazine groups is 1. The van der Waals surface area contributed by atoms with E-state index in [0.717, 1.165) is 11.3 Å². The van der Waals surface area contributed by atoms with E-state index < -0.39 is 6.04 Å². The summed E-state index contributed by atoms with van der Waals surface area (Å²) in [7, 11) is 0. The van der Waals surface area contributed by atoms with Crippen LogP contribution in [0.3, 0.4) is 0 Å². The Balaban J connectivity index is 2.00. The lowest BCUT2D eigenvalue weighted by molar-refractivity contribution is -0.124. The maximum Gasteiger partial charge on any atom is 0.258 e. The van der Waals surface area contributed by atoms with Crippen LogP contribution in [-0.4, -0.2) is 17.9 Å². The number of nitrogens with one attached hydrogen (secondary N) is 2. The molecule has 0 aliphatic carbocycles. The van der Waals surface area contributed by atoms with Crippen molar-refractivity contribution in [3.63, 3.8) is 0 Å². The van der Waals surface area contributed by atoms with Crippen molar-refractivity contribution in [3.8, 4) is 0 Å². The van der Waals surface area contributed by atoms with Gasteiger partial charge in [0.2, 0.25) is 0 Å². The Hall–Kier alpha value is -2.01. The molecule has 5 nitrogen and oxygen atoms in total. The van der Waals surface area contributed by atoms with E-state index in [1.54, 1.807) is 17.3 Å². The van der Waals surface area contributed by atoms with Crippen LogP contribution < -0.4 is 15.8 Å². The third kappa shape index (κ3) is 1.55. The van der Waals surface area contributed by atoms with Gasteiger partial charge in [-0.25, -0.2) is 0 Å². The first kappa shape index (κ1) is 11.1. The molecule has 18 heavy (non-hydrogen) atoms. The number of amides is 2. The van der Waals surface area contributed by atoms with Crippen molar-refractivity contribution < 1.29 is 9.59 Å². The lowest BCUT2D eigenvalue weighted by atomic mass is 10.1. The predicted octanol–water partition coefficient (Wildman–Crippen LogP) is 0.882. The Labute approximate surface area is 108 Å². The number of anilines is 1. The molecular formula is C12H10ClN3O2. The minimum atomic E-state index is -0.615. The molecule has 1 aromatic carbocycles. The summed E-state index contributed by atoms with van der Waals surface area (Å²) in [4.78, 5) is 23.2. The Bertz CT molecular complexity index is 577. The van der Waals surface area contributed by atoms with E-state index >= 15 is 0 Å². The number of rotatable bonds is 1. The topological polar surface area (TPSA) is 61.4 Å². The van der Waals surface area contributed by atoms with Crippen molar-refractivity contribution in [1.29, 1.82) is 0 Å². The molecule has 0 aromatic heterocycles. The summed E-state index contributed by atoms with van der Waals surface area (Å²) < 4.78 is 0. The number of benzene rings is 1. The fourth-order valence-electron chi connectivity index (χ4n) is 2.21. The molecule has 1 atom stereocenters. The van der Waals surface area contributed by atoms with Crippen molar-refractivity contribution in [1.82, 2.24) is 10.7 Å². The zero-order valence-electron chi connectivity index (χ0n) is 9.53. The van der Waals surface area contributed by atoms with Crippen LogP contribution in [0.2, 0.25) is 5.02 Å². The van der Waals surface area contributed by atoms with E-state index in [1.807, 2.05) is 19.1 Å². The minimum Gasteiger partial charge on any atom is -0.304 e. The van der Waals surface area contributed by atoms with Crippen LogP contribution in [0.4, 0.5) is 5.69 Å². The summed E-state index contributed by atoms with van der Waals surface area (Å²) in [6.45, 7) is 1.92. The van der Waals surface area contributed by atoms with Crippen molar-refractivity contribution in [3.05, 3.63) is 40.6 Å². The third-order valence-electron chi connectivity index (χ3n) is 2.96. The van der Waals surface area contributed by atoms with Gasteiger partial charge in [-0.15, -0.1) is 0 Å². The van der Waals surface area contributed by atoms with Gasteiger partial charge in [0.1, 0.15) is 0 Å². The highest BCUT2D eigenvalue weighted by atomic mass is 35.5. The van der Waals surface area contributed by atoms with Gasteiger partial charge in [0.25, 0.3) is 11.8 Å². The Morgan fingerprint density at radius 2 is 2.06 bits per heavy atom. The number of halogens is 1. The summed E-state index contributed by atoms with van der Waals surface area (Å²) in [5, 5.41) is 4.51. The maximum atomic E-state index is 11.7. The lowest BCUT2D eigenvalue weighted by Gasteiger charge is -2.24. The van der Waals surface area contributed by atoms with Crippen LogP contribution in [0.5, 0.6) is 0 Å². The second-order valence-corrected chi connectivity index (χ2v) is 4.74. The molecule has 1 fully saturated rings. The van der Waals surface area contributed by atoms with Crippen molar-refractivity contribution >= 4 is 29.1 Å². The molecular weight excluding hydrogens is 254 g/mol. The summed E-state index contributed by atoms with van der Waals surface area (Å²) in [6.07, 6.45) is 1.54. The van der Waals surface area contributed by atoms with Crippen molar-refractivity contribution in [2.75, 3.05) is 5.01 Å². The fraction of sp³-hybridized carbons (Fsp3) is 0.167. The normalized spacial score (nSPS) is 21.6. The van der Waals surface area contributed by atoms with Gasteiger partial charge >= 0.3 is 0 Å². The van der Waals surface area contributed by atoms with Crippen LogP contribution in [0.15, 0.2) is 30.0 Å². The molecule has 6 heteroatoms. The number of carbonyl (C=O) groups excluding carboxylic acids is 2. The number of nitrogens with zero attached hydrogens (tertiary/aromatic N) is 1. The second-order valence-electron chi connectivity index (χ2n) is 4.31. The monoisotopic (exact) mass is 263 g/mol. The summed E-state index contributed by atoms with van der Waals surface area (Å²) in [5.74, 6) is -0.673. The number of hydrogen-bond donors (Lipinski definition) is 2. The predicted molar refractivity (Wildman–Crippen MR) is 66.8 cm³/mol. The summed E-state index contributed by atoms with van der Waals surface area (Å²) >= 11 is 6.00. The molecule has 2 heterocycles. The highest BCUT2D eigenvalue weighted by Gasteiger charge is 2.44. The largest absolute Gasteiger partial charge is 0.304 e. The van der Waals surface area contributed by atoms with Gasteiger partial charge in [0, 0.05) is 11.2 Å². The summed E-state index contributed by atoms with van der Waals surface area (Å²) in [5.41, 5.74) is 5.08. The Kier molecular flexibility index (Phi) is 2.31. The Morgan fingerprint density at radius 3 is 2.78 bits per heavy atom. The van der Waals surface area contributed by atoms with Gasteiger partial charge < -0.3 is 5.43 Å². The molecule has 0 bridgehead atoms. The van der Waals surface area contributed by atoms with Crippen LogP contribution in [-0.2, 0) is 9.59 Å². The molecule has 2 amide bonds. The number of imide groups is 1. The number of hydrogen-bond acceptors (Lipinski definition) is 4. The molecule has 1 saturated heterocycles. The first-order chi connectivity index (χ1) is 8.56. The van der Waals surface area contributed by atoms with Crippen LogP contribution in [0, 0.1) is 6.92 Å². The smallest absolute Gasteiger partial charge is 0.258 e. The van der Waals surface area contributed by atoms with E-state index in [0.29, 0.717) is 10.6 Å². The second kappa shape index (κ2) is 3.74. The van der Waals surface area contributed by atoms with Crippen molar-refractivity contribution in [2.24, 2.45) is 0 Å². The Morgan fingerprint density at radius 1 is 1.28 bits per heavy atom. The van der Waals surface area contributed by atoms with Gasteiger partial charge in [-0.2, -0.15) is 0 Å². The molecule has 2 aliphatic rings. The number of carbonyl (C=O) groups is 2. The van der Waals surface area contributed by atoms with E-state index in [9.17, 15) is 9.59 Å². The van der Waals surface area contributed by atoms with Crippen LogP contribution >= 0.6 is 11.6 Å². The minimum absolute atomic E-state index is 0.325. The number of fused-ring (bicyclic) bond motifs is 1. The molecule has 2 aliphatic heterocycles. The van der Waals surface area contributed by atoms with Gasteiger partial charge in [-0.3, -0.25) is 19.9 Å². The molecule has 92 valence electrons. The third-order valence-corrected chi connectivity index (χ3v) is 3.18. The van der Waals surface area contributed by atoms with Gasteiger partial charge in [0.15, 0.2) is 6.04 Å². The van der Waals surface area contributed by atoms with Gasteiger partial charge in [-0.05, 0) is 30.7 Å². The average Bonchev–Trinajstić information content (AvgIpc) is 2.81. The molecule has 0 saturated carbocycles. The standard InChI is InChI=1S/C12H10ClN3O2/c1-6-2-7(13)4-8(3-6)16-10-9(5-14-16)11(17)15-12(10)18/h2-5,10,14H,1H3,(H,15,17,18). The van der Waals surface area contributed by atoms with Crippen molar-refractivity contribution in [2.45, 2.75) is 13.0 Å². The molecule has 1 aromatic rings. The molecule has 0 radical (unpaired) electrons. The SMILES string of the molecule is Cc1cc(Cl)cc(N2NC=C3C(=O)NC(=O)C32)c1. The van der Waals surface area contributed by atoms with E-state index in [2.05, 4.69) is 10.7 Å². The lowest BCUT2D eigenvalue weighted by Crippen LogP contribution is -2.43. The quantitative estimate of drug-likeness (QED) is 0.739. The van der Waals surface area contributed by atoms with Gasteiger partial charge in [0.05, 0.1) is 11.3 Å². The number of aryl methyl sites for hydroxylation is 1. The first-order valence-corrected chi connectivity index (χ1v) is 5.82. The van der Waals surface area contributed by atoms with Crippen LogP contribution in [0.1, 0.15) is 5.56 Å². The molecule has 2 N–H and O–H groups in total. The van der Waals surface area contributed by atoms with Gasteiger partial charge in [-0.1, -0.05) is 11.6 Å². The fourth-order valence-corrected chi connectivity index (χ4v) is 2.50. The van der Waals surface area contributed by atoms with E-state index in [4.69, 9.17) is 11.6 Å². The zero-order chi connectivity index (χ0) is 12.9. The average molecular weight is 264 g/mol. The van der Waals surface area contributed by atoms with E-state index in [1.165, 1.54) is 0 Å². The molecule has 1 unspecified atom stereocenters. The van der Waals surface area contributed by atoms with E-state index in [-0.39, 0.29) is 11.8 Å². The molecule has 0 spiro atoms.